The molecule has 138 valence electrons. The number of hydrogen-bond acceptors (Lipinski definition) is 5. The largest absolute Gasteiger partial charge is 0.295 e. The number of sulfonamides is 1. The van der Waals surface area contributed by atoms with Gasteiger partial charge in [0, 0.05) is 18.7 Å². The molecule has 0 radical (unpaired) electrons. The summed E-state index contributed by atoms with van der Waals surface area (Å²) < 4.78 is 64.2. The Morgan fingerprint density at radius 3 is 2.19 bits per heavy atom. The van der Waals surface area contributed by atoms with Gasteiger partial charge in [-0.05, 0) is 43.3 Å². The van der Waals surface area contributed by atoms with E-state index < -0.39 is 30.9 Å². The van der Waals surface area contributed by atoms with E-state index in [1.54, 1.807) is 0 Å². The summed E-state index contributed by atoms with van der Waals surface area (Å²) in [6.07, 6.45) is 0. The summed E-state index contributed by atoms with van der Waals surface area (Å²) in [5, 5.41) is -0.890. The van der Waals surface area contributed by atoms with Gasteiger partial charge in [-0.15, -0.1) is 0 Å². The summed E-state index contributed by atoms with van der Waals surface area (Å²) in [5.41, 5.74) is 0.266. The highest BCUT2D eigenvalue weighted by atomic mass is 32.2. The fraction of sp³-hybridized carbons (Fsp3) is 0.235. The first kappa shape index (κ1) is 18.7. The van der Waals surface area contributed by atoms with Gasteiger partial charge in [-0.2, -0.15) is 4.31 Å². The van der Waals surface area contributed by atoms with Crippen molar-refractivity contribution >= 4 is 25.6 Å². The van der Waals surface area contributed by atoms with Gasteiger partial charge < -0.3 is 0 Å². The number of carbonyl (C=O) groups is 1. The lowest BCUT2D eigenvalue weighted by Gasteiger charge is -2.37. The van der Waals surface area contributed by atoms with Crippen LogP contribution in [0.4, 0.5) is 4.39 Å². The Balaban J connectivity index is 1.79. The molecule has 2 aromatic rings. The van der Waals surface area contributed by atoms with E-state index in [1.165, 1.54) is 31.2 Å². The molecule has 0 bridgehead atoms. The van der Waals surface area contributed by atoms with Crippen LogP contribution in [0.3, 0.4) is 0 Å². The Labute approximate surface area is 151 Å². The number of Topliss-reactive ketones (excluding diaryl/α,β-unsaturated/α-hetero) is 1. The summed E-state index contributed by atoms with van der Waals surface area (Å²) in [6, 6.07) is 10.1. The first-order chi connectivity index (χ1) is 12.1. The summed E-state index contributed by atoms with van der Waals surface area (Å²) >= 11 is 0. The highest BCUT2D eigenvalue weighted by molar-refractivity contribution is 7.92. The number of halogens is 1. The number of rotatable bonds is 5. The van der Waals surface area contributed by atoms with E-state index in [1.807, 2.05) is 0 Å². The molecule has 1 aliphatic rings. The topological polar surface area (TPSA) is 88.6 Å². The molecule has 0 unspecified atom stereocenters. The molecular formula is C17H16FNO5S2. The zero-order valence-corrected chi connectivity index (χ0v) is 15.4. The Morgan fingerprint density at radius 1 is 1.00 bits per heavy atom. The van der Waals surface area contributed by atoms with Gasteiger partial charge in [-0.3, -0.25) is 4.79 Å². The lowest BCUT2D eigenvalue weighted by Crippen LogP contribution is -2.56. The average molecular weight is 397 g/mol. The Hall–Kier alpha value is -2.10. The van der Waals surface area contributed by atoms with E-state index in [2.05, 4.69) is 0 Å². The van der Waals surface area contributed by atoms with Crippen LogP contribution in [0.5, 0.6) is 0 Å². The van der Waals surface area contributed by atoms with Gasteiger partial charge in [0.05, 0.1) is 15.0 Å². The van der Waals surface area contributed by atoms with E-state index in [9.17, 15) is 26.0 Å². The maximum Gasteiger partial charge on any atom is 0.243 e. The highest BCUT2D eigenvalue weighted by Crippen LogP contribution is 2.29. The van der Waals surface area contributed by atoms with Crippen LogP contribution in [0.2, 0.25) is 0 Å². The second-order valence-corrected chi connectivity index (χ2v) is 10.2. The average Bonchev–Trinajstić information content (AvgIpc) is 2.53. The van der Waals surface area contributed by atoms with Crippen LogP contribution in [-0.4, -0.2) is 45.3 Å². The minimum atomic E-state index is -3.88. The van der Waals surface area contributed by atoms with Crippen LogP contribution in [0.25, 0.3) is 0 Å². The van der Waals surface area contributed by atoms with Crippen molar-refractivity contribution in [1.82, 2.24) is 4.31 Å². The van der Waals surface area contributed by atoms with E-state index in [-0.39, 0.29) is 34.2 Å². The SMILES string of the molecule is CC(=O)c1cccc(S(=O)(=O)N2CC(S(=O)(=O)c3ccc(F)cc3)C2)c1. The Bertz CT molecular complexity index is 1060. The number of nitrogens with zero attached hydrogens (tertiary/aromatic N) is 1. The fourth-order valence-corrected chi connectivity index (χ4v) is 6.05. The van der Waals surface area contributed by atoms with Crippen LogP contribution in [0, 0.1) is 5.82 Å². The molecule has 0 saturated carbocycles. The third-order valence-corrected chi connectivity index (χ3v) is 8.21. The molecule has 26 heavy (non-hydrogen) atoms. The zero-order valence-electron chi connectivity index (χ0n) is 13.8. The minimum absolute atomic E-state index is 0.0421. The molecule has 1 heterocycles. The van der Waals surface area contributed by atoms with E-state index in [4.69, 9.17) is 0 Å². The van der Waals surface area contributed by atoms with Crippen molar-refractivity contribution in [3.8, 4) is 0 Å². The maximum absolute atomic E-state index is 13.0. The smallest absolute Gasteiger partial charge is 0.243 e. The number of ketones is 1. The van der Waals surface area contributed by atoms with Crippen LogP contribution in [0.15, 0.2) is 58.3 Å². The predicted molar refractivity (Wildman–Crippen MR) is 92.6 cm³/mol. The summed E-state index contributed by atoms with van der Waals surface area (Å²) in [4.78, 5) is 11.3. The molecular weight excluding hydrogens is 381 g/mol. The predicted octanol–water partition coefficient (Wildman–Crippen LogP) is 1.88. The molecule has 0 spiro atoms. The lowest BCUT2D eigenvalue weighted by atomic mass is 10.2. The first-order valence-electron chi connectivity index (χ1n) is 7.73. The molecule has 6 nitrogen and oxygen atoms in total. The van der Waals surface area contributed by atoms with E-state index in [0.29, 0.717) is 0 Å². The van der Waals surface area contributed by atoms with Crippen LogP contribution < -0.4 is 0 Å². The third kappa shape index (κ3) is 3.29. The summed E-state index contributed by atoms with van der Waals surface area (Å²) in [7, 11) is -7.63. The first-order valence-corrected chi connectivity index (χ1v) is 10.7. The number of carbonyl (C=O) groups excluding carboxylic acids is 1. The second-order valence-electron chi connectivity index (χ2n) is 6.03. The molecule has 9 heteroatoms. The fourth-order valence-electron chi connectivity index (χ4n) is 2.63. The molecule has 0 aliphatic carbocycles. The monoisotopic (exact) mass is 397 g/mol. The molecule has 1 saturated heterocycles. The van der Waals surface area contributed by atoms with Gasteiger partial charge in [-0.1, -0.05) is 12.1 Å². The molecule has 3 rings (SSSR count). The maximum atomic E-state index is 13.0. The van der Waals surface area contributed by atoms with Crippen molar-refractivity contribution in [2.75, 3.05) is 13.1 Å². The van der Waals surface area contributed by atoms with Crippen molar-refractivity contribution in [2.24, 2.45) is 0 Å². The minimum Gasteiger partial charge on any atom is -0.295 e. The van der Waals surface area contributed by atoms with Gasteiger partial charge in [0.1, 0.15) is 5.82 Å². The molecule has 0 amide bonds. The second kappa shape index (κ2) is 6.57. The molecule has 1 aliphatic heterocycles. The summed E-state index contributed by atoms with van der Waals surface area (Å²) in [5.74, 6) is -0.811. The molecule has 2 aromatic carbocycles. The van der Waals surface area contributed by atoms with Gasteiger partial charge in [0.15, 0.2) is 15.6 Å². The van der Waals surface area contributed by atoms with Gasteiger partial charge in [0.2, 0.25) is 10.0 Å². The van der Waals surface area contributed by atoms with Crippen molar-refractivity contribution in [2.45, 2.75) is 22.0 Å². The van der Waals surface area contributed by atoms with Gasteiger partial charge >= 0.3 is 0 Å². The Morgan fingerprint density at radius 2 is 1.62 bits per heavy atom. The van der Waals surface area contributed by atoms with Gasteiger partial charge in [0.25, 0.3) is 0 Å². The third-order valence-electron chi connectivity index (χ3n) is 4.27. The van der Waals surface area contributed by atoms with Crippen molar-refractivity contribution in [1.29, 1.82) is 0 Å². The Kier molecular flexibility index (Phi) is 4.72. The van der Waals surface area contributed by atoms with Crippen LogP contribution >= 0.6 is 0 Å². The number of benzene rings is 2. The van der Waals surface area contributed by atoms with E-state index >= 15 is 0 Å². The summed E-state index contributed by atoms with van der Waals surface area (Å²) in [6.45, 7) is 0.958. The molecule has 0 atom stereocenters. The molecule has 0 N–H and O–H groups in total. The van der Waals surface area contributed by atoms with Crippen molar-refractivity contribution in [3.05, 3.63) is 59.9 Å². The number of sulfone groups is 1. The standard InChI is InChI=1S/C17H16FNO5S2/c1-12(20)13-3-2-4-16(9-13)26(23,24)19-10-17(11-19)25(21,22)15-7-5-14(18)6-8-15/h2-9,17H,10-11H2,1H3. The number of hydrogen-bond donors (Lipinski definition) is 0. The van der Waals surface area contributed by atoms with E-state index in [0.717, 1.165) is 28.6 Å². The quantitative estimate of drug-likeness (QED) is 0.568. The highest BCUT2D eigenvalue weighted by Gasteiger charge is 2.44. The lowest BCUT2D eigenvalue weighted by molar-refractivity contribution is 0.101. The van der Waals surface area contributed by atoms with Crippen molar-refractivity contribution in [3.63, 3.8) is 0 Å². The zero-order chi connectivity index (χ0) is 19.1. The molecule has 0 aromatic heterocycles. The molecule has 1 fully saturated rings. The van der Waals surface area contributed by atoms with Crippen LogP contribution in [-0.2, 0) is 19.9 Å². The van der Waals surface area contributed by atoms with Crippen molar-refractivity contribution < 1.29 is 26.0 Å². The normalized spacial score (nSPS) is 16.2. The van der Waals surface area contributed by atoms with Crippen LogP contribution in [0.1, 0.15) is 17.3 Å². The van der Waals surface area contributed by atoms with Gasteiger partial charge in [-0.25, -0.2) is 21.2 Å².